The number of rotatable bonds is 6. The summed E-state index contributed by atoms with van der Waals surface area (Å²) in [5.41, 5.74) is 8.27. The fourth-order valence-corrected chi connectivity index (χ4v) is 4.91. The molecule has 2 aromatic carbocycles. The third kappa shape index (κ3) is 12.0. The van der Waals surface area contributed by atoms with E-state index < -0.39 is 0 Å². The van der Waals surface area contributed by atoms with Crippen LogP contribution in [0.5, 0.6) is 0 Å². The molecule has 0 amide bonds. The molecule has 4 nitrogen and oxygen atoms in total. The molecule has 0 N–H and O–H groups in total. The average molecular weight is 573 g/mol. The number of hydrogen-bond donors (Lipinski definition) is 0. The Labute approximate surface area is 258 Å². The Kier molecular flexibility index (Phi) is 15.0. The van der Waals surface area contributed by atoms with Crippen molar-refractivity contribution >= 4 is 0 Å². The number of aryl methyl sites for hydroxylation is 4. The van der Waals surface area contributed by atoms with E-state index in [0.717, 1.165) is 43.3 Å². The highest BCUT2D eigenvalue weighted by Crippen LogP contribution is 2.25. The van der Waals surface area contributed by atoms with Gasteiger partial charge in [0.25, 0.3) is 0 Å². The van der Waals surface area contributed by atoms with Crippen molar-refractivity contribution in [2.45, 2.75) is 123 Å². The number of imidazole rings is 2. The molecule has 0 saturated carbocycles. The van der Waals surface area contributed by atoms with Crippen molar-refractivity contribution in [2.24, 2.45) is 10.8 Å². The van der Waals surface area contributed by atoms with Gasteiger partial charge in [0.15, 0.2) is 0 Å². The molecule has 2 aromatic heterocycles. The first-order valence-electron chi connectivity index (χ1n) is 15.9. The van der Waals surface area contributed by atoms with Crippen LogP contribution in [-0.2, 0) is 25.9 Å². The van der Waals surface area contributed by atoms with Crippen LogP contribution in [0.2, 0.25) is 0 Å². The number of benzene rings is 2. The van der Waals surface area contributed by atoms with Crippen LogP contribution in [0.3, 0.4) is 0 Å². The molecular formula is C38H60N4. The molecule has 0 aliphatic heterocycles. The smallest absolute Gasteiger partial charge is 0.106 e. The molecule has 2 heterocycles. The van der Waals surface area contributed by atoms with Crippen molar-refractivity contribution in [3.63, 3.8) is 0 Å². The van der Waals surface area contributed by atoms with E-state index >= 15 is 0 Å². The van der Waals surface area contributed by atoms with Crippen LogP contribution in [0, 0.1) is 38.5 Å². The van der Waals surface area contributed by atoms with Gasteiger partial charge in [-0.25, -0.2) is 9.97 Å². The van der Waals surface area contributed by atoms with Crippen LogP contribution < -0.4 is 0 Å². The molecule has 0 bridgehead atoms. The van der Waals surface area contributed by atoms with Crippen LogP contribution in [0.4, 0.5) is 0 Å². The molecule has 0 fully saturated rings. The monoisotopic (exact) mass is 572 g/mol. The van der Waals surface area contributed by atoms with Gasteiger partial charge in [0, 0.05) is 30.9 Å². The Morgan fingerprint density at radius 2 is 0.976 bits per heavy atom. The molecule has 0 radical (unpaired) electrons. The zero-order valence-corrected chi connectivity index (χ0v) is 29.4. The van der Waals surface area contributed by atoms with Crippen molar-refractivity contribution in [3.8, 4) is 0 Å². The first-order chi connectivity index (χ1) is 19.7. The standard InChI is InChI=1S/2C17H24N2.2C2H6/c1-13-16(11-17(3,4)5)19(14(2)18-13)12-15-9-7-6-8-10-15;1-13-16(11-15-9-7-6-8-10-15)19(14(2)18-13)12-17(3,4)5;2*1-2/h2*6-10H,11-12H2,1-5H3;2*1-2H3. The van der Waals surface area contributed by atoms with Crippen molar-refractivity contribution < 1.29 is 0 Å². The van der Waals surface area contributed by atoms with Crippen molar-refractivity contribution in [1.29, 1.82) is 0 Å². The van der Waals surface area contributed by atoms with Crippen molar-refractivity contribution in [2.75, 3.05) is 0 Å². The zero-order chi connectivity index (χ0) is 32.1. The Balaban J connectivity index is 0.000000376. The van der Waals surface area contributed by atoms with Gasteiger partial charge in [-0.2, -0.15) is 0 Å². The molecule has 0 spiro atoms. The second-order valence-electron chi connectivity index (χ2n) is 13.0. The number of hydrogen-bond acceptors (Lipinski definition) is 2. The Bertz CT molecular complexity index is 1190. The van der Waals surface area contributed by atoms with Crippen molar-refractivity contribution in [1.82, 2.24) is 19.1 Å². The maximum Gasteiger partial charge on any atom is 0.106 e. The highest BCUT2D eigenvalue weighted by molar-refractivity contribution is 5.26. The molecule has 0 saturated heterocycles. The van der Waals surface area contributed by atoms with E-state index in [9.17, 15) is 0 Å². The summed E-state index contributed by atoms with van der Waals surface area (Å²) in [5.74, 6) is 2.24. The van der Waals surface area contributed by atoms with Crippen LogP contribution in [0.15, 0.2) is 60.7 Å². The minimum absolute atomic E-state index is 0.267. The lowest BCUT2D eigenvalue weighted by Gasteiger charge is -2.22. The van der Waals surface area contributed by atoms with E-state index in [2.05, 4.69) is 149 Å². The quantitative estimate of drug-likeness (QED) is 0.230. The summed E-state index contributed by atoms with van der Waals surface area (Å²) in [6.07, 6.45) is 2.02. The minimum Gasteiger partial charge on any atom is -0.331 e. The van der Waals surface area contributed by atoms with E-state index in [1.165, 1.54) is 28.2 Å². The second-order valence-corrected chi connectivity index (χ2v) is 13.0. The first-order valence-corrected chi connectivity index (χ1v) is 15.9. The van der Waals surface area contributed by atoms with E-state index in [1.54, 1.807) is 0 Å². The predicted octanol–water partition coefficient (Wildman–Crippen LogP) is 10.3. The zero-order valence-electron chi connectivity index (χ0n) is 29.4. The maximum absolute atomic E-state index is 4.65. The van der Waals surface area contributed by atoms with Crippen LogP contribution >= 0.6 is 0 Å². The molecule has 4 rings (SSSR count). The number of nitrogens with zero attached hydrogens (tertiary/aromatic N) is 4. The van der Waals surface area contributed by atoms with Gasteiger partial charge in [-0.3, -0.25) is 0 Å². The van der Waals surface area contributed by atoms with E-state index in [4.69, 9.17) is 0 Å². The van der Waals surface area contributed by atoms with Gasteiger partial charge in [0.05, 0.1) is 11.4 Å². The molecular weight excluding hydrogens is 512 g/mol. The van der Waals surface area contributed by atoms with Gasteiger partial charge in [0.1, 0.15) is 11.6 Å². The lowest BCUT2D eigenvalue weighted by Crippen LogP contribution is -2.18. The fraction of sp³-hybridized carbons (Fsp3) is 0.526. The lowest BCUT2D eigenvalue weighted by molar-refractivity contribution is 0.335. The molecule has 0 aliphatic rings. The molecule has 0 atom stereocenters. The SMILES string of the molecule is CC.CC.Cc1nc(C)n(CC(C)(C)C)c1Cc1ccccc1.Cc1nc(C)n(Cc2ccccc2)c1CC(C)(C)C. The minimum atomic E-state index is 0.267. The fourth-order valence-electron chi connectivity index (χ4n) is 4.91. The second kappa shape index (κ2) is 17.1. The highest BCUT2D eigenvalue weighted by atomic mass is 15.1. The summed E-state index contributed by atoms with van der Waals surface area (Å²) in [6, 6.07) is 21.2. The number of aromatic nitrogens is 4. The van der Waals surface area contributed by atoms with E-state index in [0.29, 0.717) is 0 Å². The maximum atomic E-state index is 4.65. The predicted molar refractivity (Wildman–Crippen MR) is 184 cm³/mol. The molecule has 4 heteroatoms. The lowest BCUT2D eigenvalue weighted by atomic mass is 9.90. The summed E-state index contributed by atoms with van der Waals surface area (Å²) in [4.78, 5) is 9.31. The Hall–Kier alpha value is -3.14. The summed E-state index contributed by atoms with van der Waals surface area (Å²) in [5, 5.41) is 0. The Morgan fingerprint density at radius 1 is 0.548 bits per heavy atom. The summed E-state index contributed by atoms with van der Waals surface area (Å²) in [7, 11) is 0. The van der Waals surface area contributed by atoms with Gasteiger partial charge in [0.2, 0.25) is 0 Å². The highest BCUT2D eigenvalue weighted by Gasteiger charge is 2.20. The Morgan fingerprint density at radius 3 is 1.43 bits per heavy atom. The summed E-state index contributed by atoms with van der Waals surface area (Å²) >= 11 is 0. The molecule has 0 aliphatic carbocycles. The normalized spacial score (nSPS) is 11.0. The van der Waals surface area contributed by atoms with Crippen LogP contribution in [0.25, 0.3) is 0 Å². The molecule has 42 heavy (non-hydrogen) atoms. The van der Waals surface area contributed by atoms with Gasteiger partial charge < -0.3 is 9.13 Å². The molecule has 232 valence electrons. The average Bonchev–Trinajstić information content (AvgIpc) is 3.34. The van der Waals surface area contributed by atoms with E-state index in [-0.39, 0.29) is 10.8 Å². The largest absolute Gasteiger partial charge is 0.331 e. The van der Waals surface area contributed by atoms with Crippen LogP contribution in [-0.4, -0.2) is 19.1 Å². The first kappa shape index (κ1) is 36.9. The summed E-state index contributed by atoms with van der Waals surface area (Å²) in [6.45, 7) is 32.0. The van der Waals surface area contributed by atoms with Gasteiger partial charge >= 0.3 is 0 Å². The van der Waals surface area contributed by atoms with Crippen molar-refractivity contribution in [3.05, 3.63) is 106 Å². The summed E-state index contributed by atoms with van der Waals surface area (Å²) < 4.78 is 4.73. The van der Waals surface area contributed by atoms with Gasteiger partial charge in [-0.15, -0.1) is 0 Å². The third-order valence-corrected chi connectivity index (χ3v) is 6.66. The van der Waals surface area contributed by atoms with Gasteiger partial charge in [-0.1, -0.05) is 130 Å². The van der Waals surface area contributed by atoms with E-state index in [1.807, 2.05) is 27.7 Å². The van der Waals surface area contributed by atoms with Gasteiger partial charge in [-0.05, 0) is 56.1 Å². The van der Waals surface area contributed by atoms with Crippen LogP contribution in [0.1, 0.15) is 115 Å². The topological polar surface area (TPSA) is 35.6 Å². The molecule has 4 aromatic rings. The third-order valence-electron chi connectivity index (χ3n) is 6.66. The molecule has 0 unspecified atom stereocenters.